The first-order chi connectivity index (χ1) is 8.24. The van der Waals surface area contributed by atoms with Crippen LogP contribution >= 0.6 is 11.6 Å². The van der Waals surface area contributed by atoms with Crippen LogP contribution in [0.3, 0.4) is 0 Å². The monoisotopic (exact) mass is 242 g/mol. The second-order valence-corrected chi connectivity index (χ2v) is 4.00. The minimum Gasteiger partial charge on any atom is -0.495 e. The molecule has 0 aromatic heterocycles. The number of methoxy groups -OCH3 is 1. The summed E-state index contributed by atoms with van der Waals surface area (Å²) in [5.74, 6) is 3.33. The van der Waals surface area contributed by atoms with E-state index in [4.69, 9.17) is 22.8 Å². The largest absolute Gasteiger partial charge is 0.495 e. The van der Waals surface area contributed by atoms with Crippen molar-refractivity contribution in [1.29, 1.82) is 0 Å². The van der Waals surface area contributed by atoms with Crippen molar-refractivity contribution in [2.24, 2.45) is 0 Å². The van der Waals surface area contributed by atoms with Crippen molar-refractivity contribution >= 4 is 11.6 Å². The van der Waals surface area contributed by atoms with Gasteiger partial charge in [0.2, 0.25) is 0 Å². The summed E-state index contributed by atoms with van der Waals surface area (Å²) >= 11 is 5.85. The smallest absolute Gasteiger partial charge is 0.134 e. The number of hydrogen-bond donors (Lipinski definition) is 0. The van der Waals surface area contributed by atoms with Crippen LogP contribution in [0, 0.1) is 12.3 Å². The molecule has 1 nitrogen and oxygen atoms in total. The summed E-state index contributed by atoms with van der Waals surface area (Å²) in [5.41, 5.74) is 2.88. The zero-order valence-electron chi connectivity index (χ0n) is 9.41. The van der Waals surface area contributed by atoms with Crippen LogP contribution in [0.15, 0.2) is 42.5 Å². The molecule has 0 fully saturated rings. The molecular weight excluding hydrogens is 232 g/mol. The van der Waals surface area contributed by atoms with Gasteiger partial charge in [0.1, 0.15) is 5.75 Å². The van der Waals surface area contributed by atoms with Crippen molar-refractivity contribution in [1.82, 2.24) is 0 Å². The summed E-state index contributed by atoms with van der Waals surface area (Å²) in [6.45, 7) is 0. The van der Waals surface area contributed by atoms with Crippen LogP contribution in [0.2, 0.25) is 5.02 Å². The molecule has 0 bridgehead atoms. The average Bonchev–Trinajstić information content (AvgIpc) is 2.39. The molecule has 84 valence electrons. The van der Waals surface area contributed by atoms with Crippen LogP contribution in [0.25, 0.3) is 11.1 Å². The Hall–Kier alpha value is -1.91. The summed E-state index contributed by atoms with van der Waals surface area (Å²) < 4.78 is 5.18. The van der Waals surface area contributed by atoms with Gasteiger partial charge in [0.15, 0.2) is 0 Å². The maximum atomic E-state index is 5.85. The molecular formula is C15H11ClO. The molecule has 2 aromatic carbocycles. The molecule has 0 radical (unpaired) electrons. The van der Waals surface area contributed by atoms with E-state index in [1.807, 2.05) is 42.5 Å². The van der Waals surface area contributed by atoms with Gasteiger partial charge in [-0.05, 0) is 35.4 Å². The molecule has 2 aromatic rings. The van der Waals surface area contributed by atoms with Crippen molar-refractivity contribution < 1.29 is 4.74 Å². The molecule has 0 aliphatic carbocycles. The molecule has 0 aliphatic heterocycles. The van der Waals surface area contributed by atoms with E-state index in [9.17, 15) is 0 Å². The summed E-state index contributed by atoms with van der Waals surface area (Å²) in [7, 11) is 1.61. The summed E-state index contributed by atoms with van der Waals surface area (Å²) in [6.07, 6.45) is 5.45. The molecule has 2 rings (SSSR count). The second-order valence-electron chi connectivity index (χ2n) is 3.57. The Labute approximate surface area is 106 Å². The summed E-state index contributed by atoms with van der Waals surface area (Å²) in [5, 5.41) is 0.722. The van der Waals surface area contributed by atoms with Gasteiger partial charge in [-0.3, -0.25) is 0 Å². The van der Waals surface area contributed by atoms with E-state index in [2.05, 4.69) is 5.92 Å². The number of rotatable bonds is 2. The first-order valence-corrected chi connectivity index (χ1v) is 5.53. The van der Waals surface area contributed by atoms with Gasteiger partial charge in [-0.25, -0.2) is 0 Å². The predicted molar refractivity (Wildman–Crippen MR) is 71.4 cm³/mol. The highest BCUT2D eigenvalue weighted by atomic mass is 35.5. The van der Waals surface area contributed by atoms with Crippen LogP contribution in [-0.2, 0) is 0 Å². The normalized spacial score (nSPS) is 9.71. The zero-order valence-corrected chi connectivity index (χ0v) is 10.2. The SMILES string of the molecule is C#Cc1cc(-c2ccc(Cl)cc2)ccc1OC. The quantitative estimate of drug-likeness (QED) is 0.724. The first kappa shape index (κ1) is 11.6. The van der Waals surface area contributed by atoms with Crippen LogP contribution < -0.4 is 4.74 Å². The highest BCUT2D eigenvalue weighted by Gasteiger charge is 2.03. The number of benzene rings is 2. The highest BCUT2D eigenvalue weighted by molar-refractivity contribution is 6.30. The first-order valence-electron chi connectivity index (χ1n) is 5.15. The Morgan fingerprint density at radius 3 is 2.29 bits per heavy atom. The van der Waals surface area contributed by atoms with Crippen molar-refractivity contribution in [3.8, 4) is 29.2 Å². The predicted octanol–water partition coefficient (Wildman–Crippen LogP) is 4.00. The van der Waals surface area contributed by atoms with Crippen LogP contribution in [-0.4, -0.2) is 7.11 Å². The third-order valence-electron chi connectivity index (χ3n) is 2.53. The fraction of sp³-hybridized carbons (Fsp3) is 0.0667. The Kier molecular flexibility index (Phi) is 3.37. The van der Waals surface area contributed by atoms with Gasteiger partial charge >= 0.3 is 0 Å². The number of ether oxygens (including phenoxy) is 1. The molecule has 0 saturated carbocycles. The molecule has 0 aliphatic rings. The van der Waals surface area contributed by atoms with E-state index in [-0.39, 0.29) is 0 Å². The standard InChI is InChI=1S/C15H11ClO/c1-3-11-10-13(6-9-15(11)17-2)12-4-7-14(16)8-5-12/h1,4-10H,2H3. The number of hydrogen-bond acceptors (Lipinski definition) is 1. The van der Waals surface area contributed by atoms with E-state index in [1.54, 1.807) is 7.11 Å². The molecule has 0 saturated heterocycles. The van der Waals surface area contributed by atoms with E-state index in [1.165, 1.54) is 0 Å². The fourth-order valence-electron chi connectivity index (χ4n) is 1.64. The number of terminal acetylenes is 1. The van der Waals surface area contributed by atoms with Gasteiger partial charge in [0.25, 0.3) is 0 Å². The zero-order chi connectivity index (χ0) is 12.3. The van der Waals surface area contributed by atoms with Gasteiger partial charge in [0.05, 0.1) is 12.7 Å². The molecule has 0 heterocycles. The summed E-state index contributed by atoms with van der Waals surface area (Å²) in [4.78, 5) is 0. The van der Waals surface area contributed by atoms with Crippen molar-refractivity contribution in [2.45, 2.75) is 0 Å². The lowest BCUT2D eigenvalue weighted by molar-refractivity contribution is 0.413. The van der Waals surface area contributed by atoms with E-state index >= 15 is 0 Å². The lowest BCUT2D eigenvalue weighted by Crippen LogP contribution is -1.88. The molecule has 0 N–H and O–H groups in total. The Morgan fingerprint density at radius 2 is 1.71 bits per heavy atom. The molecule has 0 unspecified atom stereocenters. The van der Waals surface area contributed by atoms with Gasteiger partial charge in [-0.1, -0.05) is 35.7 Å². The summed E-state index contributed by atoms with van der Waals surface area (Å²) in [6, 6.07) is 13.4. The molecule has 0 atom stereocenters. The van der Waals surface area contributed by atoms with E-state index in [0.717, 1.165) is 21.7 Å². The third-order valence-corrected chi connectivity index (χ3v) is 2.78. The topological polar surface area (TPSA) is 9.23 Å². The van der Waals surface area contributed by atoms with Crippen LogP contribution in [0.5, 0.6) is 5.75 Å². The van der Waals surface area contributed by atoms with Crippen LogP contribution in [0.1, 0.15) is 5.56 Å². The maximum absolute atomic E-state index is 5.85. The highest BCUT2D eigenvalue weighted by Crippen LogP contribution is 2.26. The molecule has 2 heteroatoms. The molecule has 17 heavy (non-hydrogen) atoms. The van der Waals surface area contributed by atoms with Gasteiger partial charge in [-0.15, -0.1) is 6.42 Å². The Bertz CT molecular complexity index is 564. The fourth-order valence-corrected chi connectivity index (χ4v) is 1.77. The van der Waals surface area contributed by atoms with Crippen molar-refractivity contribution in [3.63, 3.8) is 0 Å². The van der Waals surface area contributed by atoms with E-state index in [0.29, 0.717) is 5.75 Å². The minimum absolute atomic E-state index is 0.713. The maximum Gasteiger partial charge on any atom is 0.134 e. The minimum atomic E-state index is 0.713. The van der Waals surface area contributed by atoms with Crippen molar-refractivity contribution in [3.05, 3.63) is 53.1 Å². The Balaban J connectivity index is 2.47. The number of halogens is 1. The van der Waals surface area contributed by atoms with Crippen LogP contribution in [0.4, 0.5) is 0 Å². The molecule has 0 amide bonds. The average molecular weight is 243 g/mol. The second kappa shape index (κ2) is 4.95. The van der Waals surface area contributed by atoms with Crippen molar-refractivity contribution in [2.75, 3.05) is 7.11 Å². The molecule has 0 spiro atoms. The third kappa shape index (κ3) is 2.43. The van der Waals surface area contributed by atoms with E-state index < -0.39 is 0 Å². The lowest BCUT2D eigenvalue weighted by Gasteiger charge is -2.07. The van der Waals surface area contributed by atoms with Gasteiger partial charge < -0.3 is 4.74 Å². The Morgan fingerprint density at radius 1 is 1.06 bits per heavy atom. The van der Waals surface area contributed by atoms with Gasteiger partial charge in [0, 0.05) is 5.02 Å². The lowest BCUT2D eigenvalue weighted by atomic mass is 10.0. The van der Waals surface area contributed by atoms with Gasteiger partial charge in [-0.2, -0.15) is 0 Å².